The molecule has 0 aliphatic heterocycles. The number of hydrogen-bond acceptors (Lipinski definition) is 7. The van der Waals surface area contributed by atoms with E-state index in [1.807, 2.05) is 17.1 Å². The van der Waals surface area contributed by atoms with E-state index in [0.29, 0.717) is 26.1 Å². The Morgan fingerprint density at radius 3 is 1.44 bits per heavy atom. The summed E-state index contributed by atoms with van der Waals surface area (Å²) in [7, 11) is 2.09. The van der Waals surface area contributed by atoms with Crippen molar-refractivity contribution in [3.05, 3.63) is 24.3 Å². The Kier molecular flexibility index (Phi) is 35.1. The van der Waals surface area contributed by atoms with E-state index >= 15 is 0 Å². The average molecular weight is 695 g/mol. The molecule has 0 aromatic heterocycles. The van der Waals surface area contributed by atoms with Gasteiger partial charge in [-0.15, -0.1) is 0 Å². The molecule has 0 saturated heterocycles. The maximum absolute atomic E-state index is 13.0. The molecule has 0 saturated carbocycles. The highest BCUT2D eigenvalue weighted by molar-refractivity contribution is 8.13. The minimum Gasteiger partial charge on any atom is -0.461 e. The van der Waals surface area contributed by atoms with Crippen molar-refractivity contribution < 1.29 is 23.9 Å². The first-order valence-corrected chi connectivity index (χ1v) is 20.6. The van der Waals surface area contributed by atoms with Crippen LogP contribution in [0.3, 0.4) is 0 Å². The summed E-state index contributed by atoms with van der Waals surface area (Å²) >= 11 is 1.44. The standard InChI is InChI=1S/C40H74N2O5S/c1-5-8-10-12-14-22-28-35-46-38(43)30-24-18-16-20-26-32-42(40(45)48-37-34-41(4)7-3)33-27-21-17-19-25-31-39(44)47-36-29-23-15-13-11-9-6-2/h22-23,28-29H,5-21,24-27,30-37H2,1-4H3. The van der Waals surface area contributed by atoms with Crippen LogP contribution in [-0.4, -0.2) is 79.2 Å². The zero-order chi connectivity index (χ0) is 35.3. The van der Waals surface area contributed by atoms with Crippen LogP contribution in [0, 0.1) is 0 Å². The Labute approximate surface area is 300 Å². The van der Waals surface area contributed by atoms with Gasteiger partial charge in [0.25, 0.3) is 5.24 Å². The van der Waals surface area contributed by atoms with Gasteiger partial charge in [0.05, 0.1) is 0 Å². The number of carbonyl (C=O) groups is 3. The SMILES string of the molecule is CCCCCCC=CCOC(=O)CCCCCCCN(CCCCCCCC(=O)OCC=CCCCCCC)C(=O)SCCN(C)CC. The number of rotatable bonds is 34. The highest BCUT2D eigenvalue weighted by Crippen LogP contribution is 2.15. The molecule has 0 aromatic carbocycles. The van der Waals surface area contributed by atoms with Crippen LogP contribution < -0.4 is 0 Å². The second-order valence-corrected chi connectivity index (χ2v) is 14.1. The van der Waals surface area contributed by atoms with Crippen LogP contribution in [0.1, 0.15) is 162 Å². The van der Waals surface area contributed by atoms with Crippen LogP contribution in [0.2, 0.25) is 0 Å². The van der Waals surface area contributed by atoms with Crippen molar-refractivity contribution in [2.24, 2.45) is 0 Å². The second-order valence-electron chi connectivity index (χ2n) is 13.0. The van der Waals surface area contributed by atoms with E-state index in [-0.39, 0.29) is 17.2 Å². The van der Waals surface area contributed by atoms with Crippen molar-refractivity contribution in [2.75, 3.05) is 52.2 Å². The molecule has 0 bridgehead atoms. The van der Waals surface area contributed by atoms with Crippen molar-refractivity contribution >= 4 is 28.9 Å². The number of amides is 1. The van der Waals surface area contributed by atoms with E-state index in [1.54, 1.807) is 0 Å². The Balaban J connectivity index is 4.14. The van der Waals surface area contributed by atoms with Crippen molar-refractivity contribution in [2.45, 2.75) is 162 Å². The average Bonchev–Trinajstić information content (AvgIpc) is 3.08. The lowest BCUT2D eigenvalue weighted by molar-refractivity contribution is -0.143. The molecule has 0 heterocycles. The highest BCUT2D eigenvalue weighted by atomic mass is 32.2. The first kappa shape index (κ1) is 46.2. The van der Waals surface area contributed by atoms with Gasteiger partial charge in [0.15, 0.2) is 0 Å². The van der Waals surface area contributed by atoms with Crippen LogP contribution in [0.25, 0.3) is 0 Å². The predicted octanol–water partition coefficient (Wildman–Crippen LogP) is 10.9. The van der Waals surface area contributed by atoms with E-state index in [2.05, 4.69) is 44.9 Å². The number of thioether (sulfide) groups is 1. The summed E-state index contributed by atoms with van der Waals surface area (Å²) in [6.45, 7) is 10.8. The molecular formula is C40H74N2O5S. The fourth-order valence-corrected chi connectivity index (χ4v) is 6.16. The Hall–Kier alpha value is -1.80. The summed E-state index contributed by atoms with van der Waals surface area (Å²) in [6, 6.07) is 0. The fraction of sp³-hybridized carbons (Fsp3) is 0.825. The third kappa shape index (κ3) is 32.7. The number of unbranched alkanes of at least 4 members (excludes halogenated alkanes) is 16. The van der Waals surface area contributed by atoms with Gasteiger partial charge in [-0.1, -0.05) is 134 Å². The van der Waals surface area contributed by atoms with Crippen LogP contribution in [0.4, 0.5) is 4.79 Å². The monoisotopic (exact) mass is 695 g/mol. The first-order valence-electron chi connectivity index (χ1n) is 19.7. The van der Waals surface area contributed by atoms with Gasteiger partial charge in [0.1, 0.15) is 13.2 Å². The van der Waals surface area contributed by atoms with Crippen molar-refractivity contribution in [3.8, 4) is 0 Å². The summed E-state index contributed by atoms with van der Waals surface area (Å²) in [6.07, 6.45) is 31.3. The minimum absolute atomic E-state index is 0.107. The summed E-state index contributed by atoms with van der Waals surface area (Å²) in [5, 5.41) is 0.190. The Morgan fingerprint density at radius 2 is 0.979 bits per heavy atom. The van der Waals surface area contributed by atoms with E-state index in [1.165, 1.54) is 63.1 Å². The van der Waals surface area contributed by atoms with Crippen molar-refractivity contribution in [3.63, 3.8) is 0 Å². The zero-order valence-electron chi connectivity index (χ0n) is 31.7. The van der Waals surface area contributed by atoms with Crippen LogP contribution >= 0.6 is 11.8 Å². The van der Waals surface area contributed by atoms with E-state index in [0.717, 1.165) is 109 Å². The number of esters is 2. The molecular weight excluding hydrogens is 621 g/mol. The summed E-state index contributed by atoms with van der Waals surface area (Å²) < 4.78 is 10.6. The number of allylic oxidation sites excluding steroid dienone is 2. The first-order chi connectivity index (χ1) is 23.4. The summed E-state index contributed by atoms with van der Waals surface area (Å²) in [5.41, 5.74) is 0. The fourth-order valence-electron chi connectivity index (χ4n) is 5.21. The van der Waals surface area contributed by atoms with Crippen molar-refractivity contribution in [1.82, 2.24) is 9.80 Å². The molecule has 0 N–H and O–H groups in total. The lowest BCUT2D eigenvalue weighted by Gasteiger charge is -2.23. The summed E-state index contributed by atoms with van der Waals surface area (Å²) in [5.74, 6) is 0.601. The Morgan fingerprint density at radius 1 is 0.542 bits per heavy atom. The van der Waals surface area contributed by atoms with Crippen LogP contribution in [0.5, 0.6) is 0 Å². The lowest BCUT2D eigenvalue weighted by atomic mass is 10.1. The van der Waals surface area contributed by atoms with Crippen LogP contribution in [-0.2, 0) is 19.1 Å². The number of nitrogens with zero attached hydrogens (tertiary/aromatic N) is 2. The van der Waals surface area contributed by atoms with Gasteiger partial charge in [-0.2, -0.15) is 0 Å². The van der Waals surface area contributed by atoms with E-state index in [4.69, 9.17) is 9.47 Å². The molecule has 0 rings (SSSR count). The lowest BCUT2D eigenvalue weighted by Crippen LogP contribution is -2.31. The van der Waals surface area contributed by atoms with Gasteiger partial charge in [0.2, 0.25) is 0 Å². The Bertz CT molecular complexity index is 767. The predicted molar refractivity (Wildman–Crippen MR) is 206 cm³/mol. The molecule has 0 aliphatic carbocycles. The molecule has 0 atom stereocenters. The maximum atomic E-state index is 13.0. The molecule has 7 nitrogen and oxygen atoms in total. The smallest absolute Gasteiger partial charge is 0.306 e. The minimum atomic E-state index is -0.107. The van der Waals surface area contributed by atoms with Gasteiger partial charge in [-0.3, -0.25) is 14.4 Å². The largest absolute Gasteiger partial charge is 0.461 e. The number of carbonyl (C=O) groups excluding carboxylic acids is 3. The second kappa shape index (κ2) is 36.5. The molecule has 0 unspecified atom stereocenters. The third-order valence-electron chi connectivity index (χ3n) is 8.58. The molecule has 48 heavy (non-hydrogen) atoms. The normalized spacial score (nSPS) is 11.6. The quantitative estimate of drug-likeness (QED) is 0.0377. The van der Waals surface area contributed by atoms with E-state index < -0.39 is 0 Å². The third-order valence-corrected chi connectivity index (χ3v) is 9.47. The molecule has 0 aromatic rings. The highest BCUT2D eigenvalue weighted by Gasteiger charge is 2.14. The van der Waals surface area contributed by atoms with Gasteiger partial charge < -0.3 is 19.3 Å². The van der Waals surface area contributed by atoms with Crippen molar-refractivity contribution in [1.29, 1.82) is 0 Å². The van der Waals surface area contributed by atoms with Gasteiger partial charge >= 0.3 is 11.9 Å². The molecule has 0 fully saturated rings. The zero-order valence-corrected chi connectivity index (χ0v) is 32.5. The maximum Gasteiger partial charge on any atom is 0.306 e. The topological polar surface area (TPSA) is 76.1 Å². The molecule has 0 radical (unpaired) electrons. The molecule has 1 amide bonds. The van der Waals surface area contributed by atoms with E-state index in [9.17, 15) is 14.4 Å². The molecule has 280 valence electrons. The molecule has 0 aliphatic rings. The summed E-state index contributed by atoms with van der Waals surface area (Å²) in [4.78, 5) is 41.3. The van der Waals surface area contributed by atoms with Gasteiger partial charge in [0, 0.05) is 38.2 Å². The number of hydrogen-bond donors (Lipinski definition) is 0. The van der Waals surface area contributed by atoms with Gasteiger partial charge in [-0.25, -0.2) is 0 Å². The van der Waals surface area contributed by atoms with Gasteiger partial charge in [-0.05, 0) is 65.0 Å². The molecule has 8 heteroatoms. The van der Waals surface area contributed by atoms with Crippen LogP contribution in [0.15, 0.2) is 24.3 Å². The molecule has 0 spiro atoms. The number of ether oxygens (including phenoxy) is 2.